The van der Waals surface area contributed by atoms with Gasteiger partial charge in [-0.3, -0.25) is 14.5 Å². The zero-order chi connectivity index (χ0) is 20.8. The van der Waals surface area contributed by atoms with E-state index in [4.69, 9.17) is 5.73 Å². The highest BCUT2D eigenvalue weighted by Gasteiger charge is 2.29. The van der Waals surface area contributed by atoms with Gasteiger partial charge in [0.2, 0.25) is 11.8 Å². The van der Waals surface area contributed by atoms with Gasteiger partial charge in [0.25, 0.3) is 0 Å². The van der Waals surface area contributed by atoms with Crippen molar-refractivity contribution in [2.75, 3.05) is 11.9 Å². The number of likely N-dealkylation sites (tertiary alicyclic amines) is 1. The fraction of sp³-hybridized carbons (Fsp3) is 0.333. The fourth-order valence-corrected chi connectivity index (χ4v) is 3.56. The van der Waals surface area contributed by atoms with Crippen LogP contribution < -0.4 is 15.8 Å². The molecule has 3 rings (SSSR count). The third-order valence-electron chi connectivity index (χ3n) is 4.90. The van der Waals surface area contributed by atoms with Crippen LogP contribution in [0.2, 0.25) is 0 Å². The smallest absolute Gasteiger partial charge is 0.387 e. The second kappa shape index (κ2) is 9.47. The standard InChI is InChI=1S/C21H23F2N3O3/c22-21(23)29-18-10-4-2-6-14(18)12-19(27)25-16-8-3-1-7-15(16)13-26-11-5-9-17(26)20(24)28/h1-4,6-8,10,17,21H,5,9,11-13H2,(H2,24,28)(H,25,27). The maximum absolute atomic E-state index is 12.6. The number of carbonyl (C=O) groups is 2. The largest absolute Gasteiger partial charge is 0.435 e. The summed E-state index contributed by atoms with van der Waals surface area (Å²) >= 11 is 0. The molecule has 0 spiro atoms. The first-order valence-corrected chi connectivity index (χ1v) is 9.38. The Labute approximate surface area is 167 Å². The summed E-state index contributed by atoms with van der Waals surface area (Å²) in [6.45, 7) is -1.72. The first kappa shape index (κ1) is 20.7. The van der Waals surface area contributed by atoms with Gasteiger partial charge in [-0.25, -0.2) is 0 Å². The Morgan fingerprint density at radius 1 is 1.14 bits per heavy atom. The molecule has 1 atom stereocenters. The van der Waals surface area contributed by atoms with E-state index in [2.05, 4.69) is 10.1 Å². The van der Waals surface area contributed by atoms with E-state index >= 15 is 0 Å². The van der Waals surface area contributed by atoms with E-state index in [0.717, 1.165) is 24.9 Å². The molecule has 8 heteroatoms. The number of amides is 2. The maximum Gasteiger partial charge on any atom is 0.387 e. The van der Waals surface area contributed by atoms with Crippen molar-refractivity contribution in [2.24, 2.45) is 5.73 Å². The number of rotatable bonds is 8. The Morgan fingerprint density at radius 2 is 1.83 bits per heavy atom. The summed E-state index contributed by atoms with van der Waals surface area (Å²) in [5.74, 6) is -0.720. The zero-order valence-corrected chi connectivity index (χ0v) is 15.8. The summed E-state index contributed by atoms with van der Waals surface area (Å²) in [6, 6.07) is 13.2. The summed E-state index contributed by atoms with van der Waals surface area (Å²) in [6.07, 6.45) is 1.51. The lowest BCUT2D eigenvalue weighted by Gasteiger charge is -2.23. The third-order valence-corrected chi connectivity index (χ3v) is 4.90. The van der Waals surface area contributed by atoms with Crippen LogP contribution in [0.4, 0.5) is 14.5 Å². The SMILES string of the molecule is NC(=O)C1CCCN1Cc1ccccc1NC(=O)Cc1ccccc1OC(F)F. The number of ether oxygens (including phenoxy) is 1. The minimum absolute atomic E-state index is 0.0210. The molecular weight excluding hydrogens is 380 g/mol. The molecule has 1 unspecified atom stereocenters. The number of para-hydroxylation sites is 2. The molecule has 2 aromatic carbocycles. The van der Waals surface area contributed by atoms with Crippen molar-refractivity contribution in [2.45, 2.75) is 38.5 Å². The highest BCUT2D eigenvalue weighted by atomic mass is 19.3. The van der Waals surface area contributed by atoms with Crippen molar-refractivity contribution in [3.8, 4) is 5.75 Å². The van der Waals surface area contributed by atoms with Gasteiger partial charge in [-0.05, 0) is 37.1 Å². The van der Waals surface area contributed by atoms with Crippen molar-refractivity contribution in [1.82, 2.24) is 4.90 Å². The molecular formula is C21H23F2N3O3. The van der Waals surface area contributed by atoms with E-state index in [-0.39, 0.29) is 30.0 Å². The molecule has 3 N–H and O–H groups in total. The number of anilines is 1. The zero-order valence-electron chi connectivity index (χ0n) is 15.8. The number of nitrogens with one attached hydrogen (secondary N) is 1. The van der Waals surface area contributed by atoms with Crippen LogP contribution in [-0.2, 0) is 22.6 Å². The summed E-state index contributed by atoms with van der Waals surface area (Å²) < 4.78 is 29.6. The summed E-state index contributed by atoms with van der Waals surface area (Å²) in [4.78, 5) is 26.2. The molecule has 1 heterocycles. The minimum Gasteiger partial charge on any atom is -0.435 e. The molecule has 2 amide bonds. The van der Waals surface area contributed by atoms with Gasteiger partial charge in [-0.15, -0.1) is 0 Å². The fourth-order valence-electron chi connectivity index (χ4n) is 3.56. The number of carbonyl (C=O) groups excluding carboxylic acids is 2. The van der Waals surface area contributed by atoms with E-state index in [1.807, 2.05) is 17.0 Å². The van der Waals surface area contributed by atoms with Gasteiger partial charge in [0.15, 0.2) is 0 Å². The quantitative estimate of drug-likeness (QED) is 0.710. The van der Waals surface area contributed by atoms with E-state index < -0.39 is 6.61 Å². The lowest BCUT2D eigenvalue weighted by Crippen LogP contribution is -2.39. The van der Waals surface area contributed by atoms with Crippen LogP contribution in [0.15, 0.2) is 48.5 Å². The number of nitrogens with two attached hydrogens (primary N) is 1. The molecule has 2 aromatic rings. The van der Waals surface area contributed by atoms with Crippen LogP contribution in [0.1, 0.15) is 24.0 Å². The maximum atomic E-state index is 12.6. The number of hydrogen-bond acceptors (Lipinski definition) is 4. The van der Waals surface area contributed by atoms with Crippen LogP contribution in [0, 0.1) is 0 Å². The summed E-state index contributed by atoms with van der Waals surface area (Å²) in [7, 11) is 0. The molecule has 1 saturated heterocycles. The monoisotopic (exact) mass is 403 g/mol. The molecule has 154 valence electrons. The molecule has 6 nitrogen and oxygen atoms in total. The average Bonchev–Trinajstić information content (AvgIpc) is 3.13. The number of halogens is 2. The van der Waals surface area contributed by atoms with Crippen molar-refractivity contribution in [3.05, 3.63) is 59.7 Å². The van der Waals surface area contributed by atoms with Crippen LogP contribution in [-0.4, -0.2) is 35.9 Å². The van der Waals surface area contributed by atoms with Crippen LogP contribution in [0.25, 0.3) is 0 Å². The molecule has 1 aliphatic heterocycles. The number of alkyl halides is 2. The van der Waals surface area contributed by atoms with E-state index in [9.17, 15) is 18.4 Å². The minimum atomic E-state index is -2.96. The highest BCUT2D eigenvalue weighted by Crippen LogP contribution is 2.25. The lowest BCUT2D eigenvalue weighted by atomic mass is 10.1. The Bertz CT molecular complexity index is 876. The molecule has 1 aliphatic rings. The Kier molecular flexibility index (Phi) is 6.77. The van der Waals surface area contributed by atoms with Gasteiger partial charge >= 0.3 is 6.61 Å². The molecule has 0 bridgehead atoms. The molecule has 0 radical (unpaired) electrons. The Hall–Kier alpha value is -3.00. The second-order valence-electron chi connectivity index (χ2n) is 6.90. The Morgan fingerprint density at radius 3 is 2.55 bits per heavy atom. The molecule has 0 aromatic heterocycles. The lowest BCUT2D eigenvalue weighted by molar-refractivity contribution is -0.122. The predicted molar refractivity (Wildman–Crippen MR) is 104 cm³/mol. The second-order valence-corrected chi connectivity index (χ2v) is 6.90. The van der Waals surface area contributed by atoms with Gasteiger partial charge in [0, 0.05) is 17.8 Å². The van der Waals surface area contributed by atoms with E-state index in [1.54, 1.807) is 30.3 Å². The van der Waals surface area contributed by atoms with Gasteiger partial charge in [0.05, 0.1) is 12.5 Å². The summed E-state index contributed by atoms with van der Waals surface area (Å²) in [5, 5.41) is 2.83. The third kappa shape index (κ3) is 5.51. The topological polar surface area (TPSA) is 84.7 Å². The van der Waals surface area contributed by atoms with Crippen LogP contribution in [0.5, 0.6) is 5.75 Å². The molecule has 1 fully saturated rings. The normalized spacial score (nSPS) is 16.7. The Balaban J connectivity index is 1.70. The van der Waals surface area contributed by atoms with E-state index in [0.29, 0.717) is 17.8 Å². The van der Waals surface area contributed by atoms with Crippen molar-refractivity contribution >= 4 is 17.5 Å². The van der Waals surface area contributed by atoms with Crippen LogP contribution >= 0.6 is 0 Å². The number of primary amides is 1. The van der Waals surface area contributed by atoms with Gasteiger partial charge < -0.3 is 15.8 Å². The molecule has 29 heavy (non-hydrogen) atoms. The van der Waals surface area contributed by atoms with Crippen LogP contribution in [0.3, 0.4) is 0 Å². The van der Waals surface area contributed by atoms with Gasteiger partial charge in [-0.2, -0.15) is 8.78 Å². The first-order chi connectivity index (χ1) is 13.9. The van der Waals surface area contributed by atoms with Crippen molar-refractivity contribution in [3.63, 3.8) is 0 Å². The number of nitrogens with zero attached hydrogens (tertiary/aromatic N) is 1. The molecule has 0 saturated carbocycles. The highest BCUT2D eigenvalue weighted by molar-refractivity contribution is 5.93. The number of hydrogen-bond donors (Lipinski definition) is 2. The van der Waals surface area contributed by atoms with Crippen molar-refractivity contribution in [1.29, 1.82) is 0 Å². The van der Waals surface area contributed by atoms with Gasteiger partial charge in [-0.1, -0.05) is 36.4 Å². The van der Waals surface area contributed by atoms with Gasteiger partial charge in [0.1, 0.15) is 5.75 Å². The first-order valence-electron chi connectivity index (χ1n) is 9.38. The molecule has 0 aliphatic carbocycles. The predicted octanol–water partition coefficient (Wildman–Crippen LogP) is 2.92. The summed E-state index contributed by atoms with van der Waals surface area (Å²) in [5.41, 5.74) is 7.31. The average molecular weight is 403 g/mol. The number of benzene rings is 2. The van der Waals surface area contributed by atoms with E-state index in [1.165, 1.54) is 6.07 Å². The van der Waals surface area contributed by atoms with Crippen molar-refractivity contribution < 1.29 is 23.1 Å².